The molecule has 0 radical (unpaired) electrons. The van der Waals surface area contributed by atoms with Crippen molar-refractivity contribution in [3.05, 3.63) is 81.4 Å². The molecule has 132 valence electrons. The van der Waals surface area contributed by atoms with Crippen LogP contribution in [0.4, 0.5) is 0 Å². The van der Waals surface area contributed by atoms with E-state index in [1.807, 2.05) is 23.0 Å². The van der Waals surface area contributed by atoms with Crippen LogP contribution in [0.3, 0.4) is 0 Å². The van der Waals surface area contributed by atoms with Crippen molar-refractivity contribution in [1.29, 1.82) is 0 Å². The topological polar surface area (TPSA) is 29.6 Å². The lowest BCUT2D eigenvalue weighted by Crippen LogP contribution is -2.12. The lowest BCUT2D eigenvalue weighted by molar-refractivity contribution is 0.840. The van der Waals surface area contributed by atoms with E-state index in [1.54, 1.807) is 29.2 Å². The Morgan fingerprint density at radius 1 is 1.23 bits per heavy atom. The van der Waals surface area contributed by atoms with Crippen molar-refractivity contribution >= 4 is 45.2 Å². The Kier molecular flexibility index (Phi) is 6.66. The maximum atomic E-state index is 4.70. The Labute approximate surface area is 170 Å². The fraction of sp³-hybridized carbons (Fsp3) is 0.100. The summed E-state index contributed by atoms with van der Waals surface area (Å²) in [4.78, 5) is 6.65. The monoisotopic (exact) mass is 443 g/mol. The van der Waals surface area contributed by atoms with Crippen molar-refractivity contribution in [3.8, 4) is 11.3 Å². The third-order valence-corrected chi connectivity index (χ3v) is 5.69. The fourth-order valence-corrected chi connectivity index (χ4v) is 3.98. The molecule has 0 fully saturated rings. The van der Waals surface area contributed by atoms with E-state index in [0.717, 1.165) is 26.1 Å². The number of hydrogen-bond acceptors (Lipinski definition) is 4. The van der Waals surface area contributed by atoms with Gasteiger partial charge >= 0.3 is 0 Å². The molecule has 0 aliphatic rings. The molecular formula is C20H18BrN3S2. The van der Waals surface area contributed by atoms with Crippen molar-refractivity contribution in [2.45, 2.75) is 4.90 Å². The summed E-state index contributed by atoms with van der Waals surface area (Å²) in [6.07, 6.45) is 5.72. The molecule has 0 saturated heterocycles. The Bertz CT molecular complexity index is 985. The van der Waals surface area contributed by atoms with E-state index in [4.69, 9.17) is 5.10 Å². The lowest BCUT2D eigenvalue weighted by atomic mass is 10.2. The van der Waals surface area contributed by atoms with Crippen LogP contribution in [0.2, 0.25) is 0 Å². The van der Waals surface area contributed by atoms with Crippen LogP contribution in [0.15, 0.2) is 86.0 Å². The van der Waals surface area contributed by atoms with Crippen LogP contribution in [-0.2, 0) is 0 Å². The van der Waals surface area contributed by atoms with Gasteiger partial charge in [-0.2, -0.15) is 5.10 Å². The highest BCUT2D eigenvalue weighted by molar-refractivity contribution is 9.10. The van der Waals surface area contributed by atoms with Gasteiger partial charge < -0.3 is 0 Å². The van der Waals surface area contributed by atoms with Gasteiger partial charge in [-0.3, -0.25) is 4.99 Å². The minimum atomic E-state index is 0.566. The van der Waals surface area contributed by atoms with E-state index in [-0.39, 0.29) is 0 Å². The van der Waals surface area contributed by atoms with Crippen molar-refractivity contribution in [2.24, 2.45) is 10.1 Å². The minimum Gasteiger partial charge on any atom is -0.253 e. The van der Waals surface area contributed by atoms with Crippen LogP contribution < -0.4 is 4.80 Å². The smallest absolute Gasteiger partial charge is 0.206 e. The number of hydrogen-bond donors (Lipinski definition) is 0. The van der Waals surface area contributed by atoms with Gasteiger partial charge in [0.25, 0.3) is 0 Å². The molecule has 1 heterocycles. The number of nitrogens with zero attached hydrogens (tertiary/aromatic N) is 3. The highest BCUT2D eigenvalue weighted by atomic mass is 79.9. The Balaban J connectivity index is 2.03. The van der Waals surface area contributed by atoms with Crippen molar-refractivity contribution in [2.75, 3.05) is 12.8 Å². The predicted octanol–water partition coefficient (Wildman–Crippen LogP) is 5.67. The average Bonchev–Trinajstić information content (AvgIpc) is 3.08. The number of halogens is 1. The summed E-state index contributed by atoms with van der Waals surface area (Å²) < 4.78 is 2.92. The van der Waals surface area contributed by atoms with E-state index in [1.165, 1.54) is 4.90 Å². The first-order chi connectivity index (χ1) is 12.7. The molecule has 0 aliphatic carbocycles. The van der Waals surface area contributed by atoms with Gasteiger partial charge in [-0.25, -0.2) is 4.68 Å². The molecule has 0 unspecified atom stereocenters. The highest BCUT2D eigenvalue weighted by Gasteiger charge is 2.07. The lowest BCUT2D eigenvalue weighted by Gasteiger charge is -2.04. The zero-order valence-electron chi connectivity index (χ0n) is 14.3. The van der Waals surface area contributed by atoms with Gasteiger partial charge in [-0.05, 0) is 36.1 Å². The van der Waals surface area contributed by atoms with Gasteiger partial charge in [0.15, 0.2) is 0 Å². The summed E-state index contributed by atoms with van der Waals surface area (Å²) in [5, 5.41) is 6.78. The van der Waals surface area contributed by atoms with E-state index in [2.05, 4.69) is 75.5 Å². The number of thioether (sulfide) groups is 1. The molecule has 0 N–H and O–H groups in total. The summed E-state index contributed by atoms with van der Waals surface area (Å²) in [7, 11) is 0. The minimum absolute atomic E-state index is 0.566. The van der Waals surface area contributed by atoms with Crippen molar-refractivity contribution in [1.82, 2.24) is 4.68 Å². The first-order valence-electron chi connectivity index (χ1n) is 7.97. The normalized spacial score (nSPS) is 12.0. The number of rotatable bonds is 6. The van der Waals surface area contributed by atoms with Crippen LogP contribution in [-0.4, -0.2) is 23.7 Å². The summed E-state index contributed by atoms with van der Waals surface area (Å²) in [5.41, 5.74) is 3.15. The van der Waals surface area contributed by atoms with E-state index in [9.17, 15) is 0 Å². The zero-order chi connectivity index (χ0) is 18.4. The molecule has 26 heavy (non-hydrogen) atoms. The number of thiazole rings is 1. The molecule has 0 spiro atoms. The fourth-order valence-electron chi connectivity index (χ4n) is 2.32. The van der Waals surface area contributed by atoms with Crippen LogP contribution in [0.5, 0.6) is 0 Å². The summed E-state index contributed by atoms with van der Waals surface area (Å²) in [6, 6.07) is 16.5. The molecule has 0 atom stereocenters. The van der Waals surface area contributed by atoms with Gasteiger partial charge in [-0.1, -0.05) is 46.3 Å². The Morgan fingerprint density at radius 3 is 2.73 bits per heavy atom. The molecule has 0 bridgehead atoms. The maximum absolute atomic E-state index is 4.70. The molecule has 0 aliphatic heterocycles. The van der Waals surface area contributed by atoms with E-state index >= 15 is 0 Å². The third-order valence-electron chi connectivity index (χ3n) is 3.60. The van der Waals surface area contributed by atoms with E-state index in [0.29, 0.717) is 6.54 Å². The van der Waals surface area contributed by atoms with Crippen molar-refractivity contribution in [3.63, 3.8) is 0 Å². The largest absolute Gasteiger partial charge is 0.253 e. The Hall–Kier alpha value is -1.89. The molecule has 0 amide bonds. The highest BCUT2D eigenvalue weighted by Crippen LogP contribution is 2.23. The van der Waals surface area contributed by atoms with Crippen LogP contribution in [0.25, 0.3) is 11.3 Å². The maximum Gasteiger partial charge on any atom is 0.206 e. The second kappa shape index (κ2) is 9.16. The molecule has 3 aromatic rings. The molecule has 2 aromatic carbocycles. The van der Waals surface area contributed by atoms with Crippen LogP contribution >= 0.6 is 39.0 Å². The second-order valence-electron chi connectivity index (χ2n) is 5.37. The van der Waals surface area contributed by atoms with Crippen molar-refractivity contribution < 1.29 is 0 Å². The SMILES string of the molecule is C=CCN=c1scc(-c2cccc(Br)c2)n1N=Cc1ccc(SC)cc1. The second-order valence-corrected chi connectivity index (χ2v) is 8.00. The molecule has 3 nitrogen and oxygen atoms in total. The summed E-state index contributed by atoms with van der Waals surface area (Å²) in [6.45, 7) is 4.31. The molecule has 1 aromatic heterocycles. The average molecular weight is 444 g/mol. The number of aromatic nitrogens is 1. The Morgan fingerprint density at radius 2 is 2.04 bits per heavy atom. The zero-order valence-corrected chi connectivity index (χ0v) is 17.5. The first-order valence-corrected chi connectivity index (χ1v) is 10.9. The van der Waals surface area contributed by atoms with Gasteiger partial charge in [-0.15, -0.1) is 29.7 Å². The first kappa shape index (κ1) is 18.9. The van der Waals surface area contributed by atoms with Crippen LogP contribution in [0.1, 0.15) is 5.56 Å². The number of benzene rings is 2. The van der Waals surface area contributed by atoms with E-state index < -0.39 is 0 Å². The summed E-state index contributed by atoms with van der Waals surface area (Å²) in [5.74, 6) is 0. The molecular weight excluding hydrogens is 426 g/mol. The molecule has 3 rings (SSSR count). The third kappa shape index (κ3) is 4.63. The summed E-state index contributed by atoms with van der Waals surface area (Å²) >= 11 is 6.84. The molecule has 6 heteroatoms. The van der Waals surface area contributed by atoms with Gasteiger partial charge in [0.2, 0.25) is 4.80 Å². The van der Waals surface area contributed by atoms with Gasteiger partial charge in [0.05, 0.1) is 18.5 Å². The molecule has 0 saturated carbocycles. The predicted molar refractivity (Wildman–Crippen MR) is 117 cm³/mol. The van der Waals surface area contributed by atoms with Gasteiger partial charge in [0, 0.05) is 20.3 Å². The van der Waals surface area contributed by atoms with Gasteiger partial charge in [0.1, 0.15) is 0 Å². The van der Waals surface area contributed by atoms with Crippen LogP contribution in [0, 0.1) is 0 Å². The quantitative estimate of drug-likeness (QED) is 0.274. The standard InChI is InChI=1S/C20H18BrN3S2/c1-3-11-22-20-24(23-13-15-7-9-18(25-2)10-8-15)19(14-26-20)16-5-4-6-17(21)12-16/h3-10,12-14H,1,11H2,2H3.